The first-order valence-corrected chi connectivity index (χ1v) is 10.9. The second-order valence-corrected chi connectivity index (χ2v) is 8.16. The summed E-state index contributed by atoms with van der Waals surface area (Å²) < 4.78 is 2.37. The van der Waals surface area contributed by atoms with E-state index in [-0.39, 0.29) is 0 Å². The summed E-state index contributed by atoms with van der Waals surface area (Å²) in [5.74, 6) is 0. The average molecular weight is 398 g/mol. The van der Waals surface area contributed by atoms with E-state index in [1.165, 1.54) is 49.8 Å². The van der Waals surface area contributed by atoms with Crippen LogP contribution in [-0.4, -0.2) is 4.57 Å². The number of nitrogens with zero attached hydrogens (tertiary/aromatic N) is 1. The van der Waals surface area contributed by atoms with Crippen molar-refractivity contribution in [2.24, 2.45) is 0 Å². The molecule has 0 saturated heterocycles. The maximum absolute atomic E-state index is 2.37. The second-order valence-electron chi connectivity index (χ2n) is 8.16. The van der Waals surface area contributed by atoms with Crippen molar-refractivity contribution in [3.05, 3.63) is 121 Å². The lowest BCUT2D eigenvalue weighted by molar-refractivity contribution is 1.05. The summed E-state index contributed by atoms with van der Waals surface area (Å²) in [4.78, 5) is 0. The fraction of sp³-hybridized carbons (Fsp3) is 0.0667. The molecule has 0 fully saturated rings. The Kier molecular flexibility index (Phi) is 4.32. The van der Waals surface area contributed by atoms with E-state index in [4.69, 9.17) is 0 Å². The number of para-hydroxylation sites is 2. The van der Waals surface area contributed by atoms with Gasteiger partial charge in [-0.2, -0.15) is 0 Å². The van der Waals surface area contributed by atoms with Gasteiger partial charge in [-0.1, -0.05) is 85.0 Å². The van der Waals surface area contributed by atoms with Gasteiger partial charge in [-0.3, -0.25) is 0 Å². The van der Waals surface area contributed by atoms with Crippen LogP contribution < -0.4 is 0 Å². The third-order valence-electron chi connectivity index (χ3n) is 6.29. The van der Waals surface area contributed by atoms with E-state index in [1.54, 1.807) is 0 Å². The highest BCUT2D eigenvalue weighted by Gasteiger charge is 2.11. The number of rotatable bonds is 3. The van der Waals surface area contributed by atoms with Crippen LogP contribution in [0.3, 0.4) is 0 Å². The number of fused-ring (bicyclic) bond motifs is 3. The molecule has 1 aliphatic rings. The van der Waals surface area contributed by atoms with E-state index in [0.717, 1.165) is 12.8 Å². The molecule has 6 rings (SSSR count). The summed E-state index contributed by atoms with van der Waals surface area (Å²) in [7, 11) is 0. The second kappa shape index (κ2) is 7.45. The lowest BCUT2D eigenvalue weighted by atomic mass is 9.94. The molecule has 1 nitrogen and oxygen atoms in total. The quantitative estimate of drug-likeness (QED) is 0.289. The van der Waals surface area contributed by atoms with E-state index in [2.05, 4.69) is 120 Å². The molecule has 0 radical (unpaired) electrons. The Morgan fingerprint density at radius 2 is 1.26 bits per heavy atom. The molecule has 0 unspecified atom stereocenters. The van der Waals surface area contributed by atoms with Gasteiger partial charge in [-0.25, -0.2) is 0 Å². The fourth-order valence-electron chi connectivity index (χ4n) is 4.75. The minimum absolute atomic E-state index is 1.12. The number of aromatic nitrogens is 1. The van der Waals surface area contributed by atoms with Crippen molar-refractivity contribution in [1.82, 2.24) is 4.57 Å². The molecular formula is C30H23N. The normalized spacial score (nSPS) is 13.6. The SMILES string of the molecule is C1=CCCC(c2cccc(-c3ccc(-n4c5ccccc5c5ccccc54)cc3)c2)=C1. The van der Waals surface area contributed by atoms with E-state index >= 15 is 0 Å². The standard InChI is InChI=1S/C30H23N/c1-2-9-22(10-3-1)24-11-8-12-25(21-24)23-17-19-26(20-18-23)31-29-15-6-4-13-27(29)28-14-5-7-16-30(28)31/h1-2,4-9,11-21H,3,10H2. The highest BCUT2D eigenvalue weighted by atomic mass is 15.0. The first kappa shape index (κ1) is 18.0. The molecule has 0 aliphatic heterocycles. The van der Waals surface area contributed by atoms with Crippen LogP contribution in [0.5, 0.6) is 0 Å². The topological polar surface area (TPSA) is 4.93 Å². The van der Waals surface area contributed by atoms with E-state index in [1.807, 2.05) is 0 Å². The van der Waals surface area contributed by atoms with Gasteiger partial charge in [-0.05, 0) is 65.4 Å². The van der Waals surface area contributed by atoms with Gasteiger partial charge in [0, 0.05) is 16.5 Å². The third kappa shape index (κ3) is 3.10. The summed E-state index contributed by atoms with van der Waals surface area (Å²) in [5.41, 5.74) is 8.95. The van der Waals surface area contributed by atoms with Crippen LogP contribution in [-0.2, 0) is 0 Å². The van der Waals surface area contributed by atoms with Gasteiger partial charge < -0.3 is 4.57 Å². The van der Waals surface area contributed by atoms with Gasteiger partial charge >= 0.3 is 0 Å². The Morgan fingerprint density at radius 3 is 1.94 bits per heavy atom. The average Bonchev–Trinajstić information content (AvgIpc) is 3.19. The van der Waals surface area contributed by atoms with Gasteiger partial charge in [0.05, 0.1) is 11.0 Å². The monoisotopic (exact) mass is 397 g/mol. The number of hydrogen-bond donors (Lipinski definition) is 0. The summed E-state index contributed by atoms with van der Waals surface area (Å²) in [5, 5.41) is 2.59. The predicted octanol–water partition coefficient (Wildman–Crippen LogP) is 8.18. The van der Waals surface area contributed by atoms with Crippen molar-refractivity contribution in [1.29, 1.82) is 0 Å². The van der Waals surface area contributed by atoms with E-state index in [0.29, 0.717) is 0 Å². The largest absolute Gasteiger partial charge is 0.309 e. The molecule has 0 bridgehead atoms. The number of hydrogen-bond acceptors (Lipinski definition) is 0. The van der Waals surface area contributed by atoms with Crippen molar-refractivity contribution < 1.29 is 0 Å². The van der Waals surface area contributed by atoms with E-state index in [9.17, 15) is 0 Å². The zero-order valence-electron chi connectivity index (χ0n) is 17.3. The molecule has 5 aromatic rings. The maximum atomic E-state index is 2.37. The van der Waals surface area contributed by atoms with Crippen LogP contribution in [0.4, 0.5) is 0 Å². The van der Waals surface area contributed by atoms with Crippen LogP contribution in [0.1, 0.15) is 18.4 Å². The minimum Gasteiger partial charge on any atom is -0.309 e. The first-order chi connectivity index (χ1) is 15.4. The van der Waals surface area contributed by atoms with Crippen LogP contribution in [0, 0.1) is 0 Å². The summed E-state index contributed by atoms with van der Waals surface area (Å²) in [6.45, 7) is 0. The van der Waals surface area contributed by atoms with Gasteiger partial charge in [0.15, 0.2) is 0 Å². The Labute approximate surface area is 182 Å². The van der Waals surface area contributed by atoms with Crippen LogP contribution in [0.2, 0.25) is 0 Å². The Morgan fingerprint density at radius 1 is 0.581 bits per heavy atom. The molecule has 4 aromatic carbocycles. The Bertz CT molecular complexity index is 1410. The highest BCUT2D eigenvalue weighted by Crippen LogP contribution is 2.33. The summed E-state index contributed by atoms with van der Waals surface area (Å²) in [6, 6.07) is 35.2. The molecule has 0 amide bonds. The molecule has 0 atom stereocenters. The number of benzene rings is 4. The zero-order chi connectivity index (χ0) is 20.6. The fourth-order valence-corrected chi connectivity index (χ4v) is 4.75. The van der Waals surface area contributed by atoms with Gasteiger partial charge in [0.2, 0.25) is 0 Å². The van der Waals surface area contributed by atoms with Crippen molar-refractivity contribution in [2.45, 2.75) is 12.8 Å². The molecule has 1 heterocycles. The molecular weight excluding hydrogens is 374 g/mol. The molecule has 0 saturated carbocycles. The highest BCUT2D eigenvalue weighted by molar-refractivity contribution is 6.09. The Hall–Kier alpha value is -3.84. The van der Waals surface area contributed by atoms with Crippen LogP contribution in [0.15, 0.2) is 115 Å². The molecule has 1 aliphatic carbocycles. The molecule has 1 heteroatoms. The zero-order valence-corrected chi connectivity index (χ0v) is 17.3. The maximum Gasteiger partial charge on any atom is 0.0541 e. The molecule has 31 heavy (non-hydrogen) atoms. The predicted molar refractivity (Wildman–Crippen MR) is 133 cm³/mol. The van der Waals surface area contributed by atoms with Gasteiger partial charge in [0.1, 0.15) is 0 Å². The Balaban J connectivity index is 1.43. The lowest BCUT2D eigenvalue weighted by Gasteiger charge is -2.12. The van der Waals surface area contributed by atoms with Crippen molar-refractivity contribution in [2.75, 3.05) is 0 Å². The third-order valence-corrected chi connectivity index (χ3v) is 6.29. The lowest BCUT2D eigenvalue weighted by Crippen LogP contribution is -1.93. The van der Waals surface area contributed by atoms with Gasteiger partial charge in [0.25, 0.3) is 0 Å². The molecule has 0 spiro atoms. The van der Waals surface area contributed by atoms with E-state index < -0.39 is 0 Å². The first-order valence-electron chi connectivity index (χ1n) is 10.9. The summed E-state index contributed by atoms with van der Waals surface area (Å²) in [6.07, 6.45) is 8.90. The van der Waals surface area contributed by atoms with Crippen molar-refractivity contribution >= 4 is 27.4 Å². The van der Waals surface area contributed by atoms with Crippen LogP contribution in [0.25, 0.3) is 44.2 Å². The van der Waals surface area contributed by atoms with Crippen molar-refractivity contribution in [3.8, 4) is 16.8 Å². The smallest absolute Gasteiger partial charge is 0.0541 e. The van der Waals surface area contributed by atoms with Gasteiger partial charge in [-0.15, -0.1) is 0 Å². The number of allylic oxidation sites excluding steroid dienone is 4. The molecule has 1 aromatic heterocycles. The van der Waals surface area contributed by atoms with Crippen molar-refractivity contribution in [3.63, 3.8) is 0 Å². The summed E-state index contributed by atoms with van der Waals surface area (Å²) >= 11 is 0. The van der Waals surface area contributed by atoms with Crippen LogP contribution >= 0.6 is 0 Å². The molecule has 0 N–H and O–H groups in total. The minimum atomic E-state index is 1.12. The molecule has 148 valence electrons.